The van der Waals surface area contributed by atoms with Crippen molar-refractivity contribution in [1.82, 2.24) is 4.90 Å². The summed E-state index contributed by atoms with van der Waals surface area (Å²) in [6.07, 6.45) is -0.785. The number of hydrogen-bond donors (Lipinski definition) is 1. The van der Waals surface area contributed by atoms with E-state index in [-0.39, 0.29) is 5.91 Å². The Hall–Kier alpha value is -0.910. The van der Waals surface area contributed by atoms with Gasteiger partial charge >= 0.3 is 0 Å². The number of aliphatic hydroxyl groups is 1. The molecule has 0 aromatic heterocycles. The molecule has 1 aromatic rings. The van der Waals surface area contributed by atoms with Gasteiger partial charge in [0, 0.05) is 12.3 Å². The van der Waals surface area contributed by atoms with Crippen LogP contribution in [0.1, 0.15) is 18.6 Å². The number of rotatable bonds is 3. The van der Waals surface area contributed by atoms with Crippen molar-refractivity contribution >= 4 is 34.2 Å². The summed E-state index contributed by atoms with van der Waals surface area (Å²) in [7, 11) is 0. The number of amides is 1. The van der Waals surface area contributed by atoms with E-state index in [1.54, 1.807) is 11.8 Å². The number of nitrogens with zero attached hydrogens (tertiary/aromatic N) is 1. The summed E-state index contributed by atoms with van der Waals surface area (Å²) in [5.41, 5.74) is 0.760. The van der Waals surface area contributed by atoms with Gasteiger partial charge in [-0.2, -0.15) is 0 Å². The van der Waals surface area contributed by atoms with E-state index in [1.807, 2.05) is 30.3 Å². The third-order valence-electron chi connectivity index (χ3n) is 3.03. The minimum Gasteiger partial charge on any atom is -0.388 e. The van der Waals surface area contributed by atoms with E-state index in [4.69, 9.17) is 12.2 Å². The molecule has 2 atom stereocenters. The molecule has 2 rings (SSSR count). The Bertz CT molecular complexity index is 450. The fourth-order valence-corrected chi connectivity index (χ4v) is 3.13. The van der Waals surface area contributed by atoms with Gasteiger partial charge in [0.25, 0.3) is 0 Å². The molecule has 96 valence electrons. The molecule has 0 bridgehead atoms. The highest BCUT2D eigenvalue weighted by atomic mass is 32.2. The fourth-order valence-electron chi connectivity index (χ4n) is 1.91. The average molecular weight is 281 g/mol. The van der Waals surface area contributed by atoms with Gasteiger partial charge in [-0.05, 0) is 5.56 Å². The molecule has 1 N–H and O–H groups in total. The third-order valence-corrected chi connectivity index (χ3v) is 4.46. The molecule has 3 nitrogen and oxygen atoms in total. The summed E-state index contributed by atoms with van der Waals surface area (Å²) in [6, 6.07) is 9.24. The van der Waals surface area contributed by atoms with Gasteiger partial charge < -0.3 is 5.11 Å². The van der Waals surface area contributed by atoms with E-state index >= 15 is 0 Å². The second-order valence-electron chi connectivity index (χ2n) is 4.25. The van der Waals surface area contributed by atoms with Crippen LogP contribution in [0.3, 0.4) is 0 Å². The molecule has 1 aliphatic rings. The number of thioether (sulfide) groups is 1. The molecule has 0 saturated carbocycles. The lowest BCUT2D eigenvalue weighted by atomic mass is 9.96. The molecule has 1 heterocycles. The van der Waals surface area contributed by atoms with Crippen LogP contribution in [0, 0.1) is 5.92 Å². The number of carbonyl (C=O) groups is 1. The average Bonchev–Trinajstić information content (AvgIpc) is 2.83. The predicted octanol–water partition coefficient (Wildman–Crippen LogP) is 2.22. The first kappa shape index (κ1) is 13.5. The lowest BCUT2D eigenvalue weighted by Crippen LogP contribution is -2.37. The molecule has 1 aliphatic heterocycles. The van der Waals surface area contributed by atoms with Crippen LogP contribution in [-0.2, 0) is 4.79 Å². The van der Waals surface area contributed by atoms with Crippen LogP contribution in [0.4, 0.5) is 0 Å². The van der Waals surface area contributed by atoms with Crippen LogP contribution < -0.4 is 0 Å². The monoisotopic (exact) mass is 281 g/mol. The first-order valence-corrected chi connectivity index (χ1v) is 7.22. The summed E-state index contributed by atoms with van der Waals surface area (Å²) in [5, 5.41) is 10.2. The molecule has 0 spiro atoms. The van der Waals surface area contributed by atoms with Gasteiger partial charge in [-0.3, -0.25) is 9.69 Å². The minimum absolute atomic E-state index is 0.0960. The van der Waals surface area contributed by atoms with Crippen LogP contribution >= 0.6 is 24.0 Å². The second kappa shape index (κ2) is 5.82. The van der Waals surface area contributed by atoms with Crippen molar-refractivity contribution in [2.45, 2.75) is 13.0 Å². The zero-order valence-electron chi connectivity index (χ0n) is 10.1. The van der Waals surface area contributed by atoms with Gasteiger partial charge in [0.2, 0.25) is 5.91 Å². The molecule has 0 unspecified atom stereocenters. The number of benzene rings is 1. The van der Waals surface area contributed by atoms with Crippen molar-refractivity contribution in [3.8, 4) is 0 Å². The third kappa shape index (κ3) is 2.74. The van der Waals surface area contributed by atoms with Gasteiger partial charge in [-0.25, -0.2) is 0 Å². The van der Waals surface area contributed by atoms with Crippen molar-refractivity contribution in [3.63, 3.8) is 0 Å². The number of hydrogen-bond acceptors (Lipinski definition) is 4. The summed E-state index contributed by atoms with van der Waals surface area (Å²) < 4.78 is 0.618. The van der Waals surface area contributed by atoms with Crippen molar-refractivity contribution in [2.24, 2.45) is 5.92 Å². The molecule has 1 amide bonds. The zero-order valence-corrected chi connectivity index (χ0v) is 11.7. The molecule has 1 fully saturated rings. The Labute approximate surface area is 116 Å². The summed E-state index contributed by atoms with van der Waals surface area (Å²) in [4.78, 5) is 13.8. The highest BCUT2D eigenvalue weighted by Crippen LogP contribution is 2.26. The Kier molecular flexibility index (Phi) is 4.37. The first-order valence-electron chi connectivity index (χ1n) is 5.82. The van der Waals surface area contributed by atoms with Gasteiger partial charge in [0.05, 0.1) is 12.0 Å². The van der Waals surface area contributed by atoms with E-state index in [0.717, 1.165) is 11.3 Å². The first-order chi connectivity index (χ1) is 8.61. The molecule has 1 saturated heterocycles. The molecule has 0 aliphatic carbocycles. The second-order valence-corrected chi connectivity index (χ2v) is 5.98. The van der Waals surface area contributed by atoms with Crippen LogP contribution in [0.15, 0.2) is 30.3 Å². The van der Waals surface area contributed by atoms with Crippen molar-refractivity contribution in [1.29, 1.82) is 0 Å². The van der Waals surface area contributed by atoms with E-state index in [0.29, 0.717) is 10.9 Å². The highest BCUT2D eigenvalue weighted by molar-refractivity contribution is 8.23. The number of carbonyl (C=O) groups excluding carboxylic acids is 1. The van der Waals surface area contributed by atoms with E-state index in [9.17, 15) is 9.90 Å². The smallest absolute Gasteiger partial charge is 0.233 e. The van der Waals surface area contributed by atoms with Crippen LogP contribution in [0.5, 0.6) is 0 Å². The van der Waals surface area contributed by atoms with Crippen LogP contribution in [0.2, 0.25) is 0 Å². The molecular weight excluding hydrogens is 266 g/mol. The van der Waals surface area contributed by atoms with Crippen LogP contribution in [-0.4, -0.2) is 32.5 Å². The zero-order chi connectivity index (χ0) is 13.1. The molecule has 0 radical (unpaired) electrons. The molecule has 18 heavy (non-hydrogen) atoms. The summed E-state index contributed by atoms with van der Waals surface area (Å²) in [6.45, 7) is 2.39. The van der Waals surface area contributed by atoms with Crippen molar-refractivity contribution in [3.05, 3.63) is 35.9 Å². The Morgan fingerprint density at radius 1 is 1.44 bits per heavy atom. The Morgan fingerprint density at radius 3 is 2.67 bits per heavy atom. The maximum atomic E-state index is 12.2. The number of thiocarbonyl (C=S) groups is 1. The maximum Gasteiger partial charge on any atom is 0.233 e. The van der Waals surface area contributed by atoms with Crippen molar-refractivity contribution in [2.75, 3.05) is 12.3 Å². The normalized spacial score (nSPS) is 18.8. The molecular formula is C13H15NO2S2. The molecule has 1 aromatic carbocycles. The summed E-state index contributed by atoms with van der Waals surface area (Å²) >= 11 is 6.64. The topological polar surface area (TPSA) is 40.5 Å². The van der Waals surface area contributed by atoms with E-state index < -0.39 is 12.0 Å². The minimum atomic E-state index is -0.785. The van der Waals surface area contributed by atoms with E-state index in [1.165, 1.54) is 11.8 Å². The summed E-state index contributed by atoms with van der Waals surface area (Å²) in [5.74, 6) is 0.268. The SMILES string of the molecule is C[C@@H](C(=O)N1CCSC1=S)[C@@H](O)c1ccccc1. The van der Waals surface area contributed by atoms with Gasteiger partial charge in [0.1, 0.15) is 4.32 Å². The quantitative estimate of drug-likeness (QED) is 0.863. The predicted molar refractivity (Wildman–Crippen MR) is 77.3 cm³/mol. The Morgan fingerprint density at radius 2 is 2.11 bits per heavy atom. The van der Waals surface area contributed by atoms with Gasteiger partial charge in [-0.15, -0.1) is 0 Å². The number of aliphatic hydroxyl groups excluding tert-OH is 1. The maximum absolute atomic E-state index is 12.2. The van der Waals surface area contributed by atoms with Crippen LogP contribution in [0.25, 0.3) is 0 Å². The largest absolute Gasteiger partial charge is 0.388 e. The standard InChI is InChI=1S/C13H15NO2S2/c1-9(11(15)10-5-3-2-4-6-10)12(16)14-7-8-18-13(14)17/h2-6,9,11,15H,7-8H2,1H3/t9-,11-/m1/s1. The highest BCUT2D eigenvalue weighted by Gasteiger charge is 2.32. The lowest BCUT2D eigenvalue weighted by Gasteiger charge is -2.23. The fraction of sp³-hybridized carbons (Fsp3) is 0.385. The van der Waals surface area contributed by atoms with Crippen molar-refractivity contribution < 1.29 is 9.90 Å². The van der Waals surface area contributed by atoms with Gasteiger partial charge in [0.15, 0.2) is 0 Å². The van der Waals surface area contributed by atoms with E-state index in [2.05, 4.69) is 0 Å². The molecule has 5 heteroatoms. The lowest BCUT2D eigenvalue weighted by molar-refractivity contribution is -0.134. The van der Waals surface area contributed by atoms with Gasteiger partial charge in [-0.1, -0.05) is 61.2 Å². The Balaban J connectivity index is 2.09.